The number of esters is 1. The zero-order chi connectivity index (χ0) is 21.6. The maximum absolute atomic E-state index is 12.8. The lowest BCUT2D eigenvalue weighted by Crippen LogP contribution is -2.58. The van der Waals surface area contributed by atoms with Crippen LogP contribution in [0.15, 0.2) is 23.8 Å². The highest BCUT2D eigenvalue weighted by molar-refractivity contribution is 5.93. The van der Waals surface area contributed by atoms with Crippen LogP contribution in [0.1, 0.15) is 79.6 Å². The van der Waals surface area contributed by atoms with Crippen molar-refractivity contribution < 1.29 is 19.1 Å². The van der Waals surface area contributed by atoms with Crippen LogP contribution in [0.25, 0.3) is 0 Å². The van der Waals surface area contributed by atoms with Crippen molar-refractivity contribution in [3.8, 4) is 0 Å². The molecule has 0 aromatic carbocycles. The number of hydrogen-bond acceptors (Lipinski definition) is 4. The standard InChI is InChI=1S/C23H30O4.C2H6/c1-13-11-21-20-7-5-16-12-17(26)6-8-18(16)19(20)9-10-22(21,4)23(13,14(2)24)27-15(3)25;1-2/h12,18-21H,1,5-11H2,2-4H3;1-2H3/t18-,19+,20+,21-,22-,23-;/m0./s1. The van der Waals surface area contributed by atoms with Crippen molar-refractivity contribution in [2.45, 2.75) is 85.2 Å². The number of hydrogen-bond donors (Lipinski definition) is 0. The third-order valence-electron chi connectivity index (χ3n) is 8.25. The van der Waals surface area contributed by atoms with Gasteiger partial charge in [0.2, 0.25) is 0 Å². The Labute approximate surface area is 175 Å². The Balaban J connectivity index is 0.00000117. The smallest absolute Gasteiger partial charge is 0.303 e. The third-order valence-corrected chi connectivity index (χ3v) is 8.25. The summed E-state index contributed by atoms with van der Waals surface area (Å²) in [5.41, 5.74) is 0.575. The Morgan fingerprint density at radius 1 is 1.10 bits per heavy atom. The number of fused-ring (bicyclic) bond motifs is 5. The molecule has 0 radical (unpaired) electrons. The molecule has 0 heterocycles. The van der Waals surface area contributed by atoms with Gasteiger partial charge in [0.1, 0.15) is 0 Å². The summed E-state index contributed by atoms with van der Waals surface area (Å²) >= 11 is 0. The van der Waals surface area contributed by atoms with Crippen LogP contribution in [-0.2, 0) is 19.1 Å². The fourth-order valence-corrected chi connectivity index (χ4v) is 7.25. The SMILES string of the molecule is C=C1C[C@H]2[C@@H]3CCC4=CC(=O)CC[C@@H]4[C@H]3CC[C@]2(C)[C@@]1(OC(C)=O)C(C)=O.CC. The number of carbonyl (C=O) groups excluding carboxylic acids is 3. The molecule has 160 valence electrons. The second-order valence-electron chi connectivity index (χ2n) is 9.40. The molecule has 4 nitrogen and oxygen atoms in total. The first-order valence-corrected chi connectivity index (χ1v) is 11.3. The summed E-state index contributed by atoms with van der Waals surface area (Å²) in [7, 11) is 0. The molecular formula is C25H36O4. The second-order valence-corrected chi connectivity index (χ2v) is 9.40. The zero-order valence-electron chi connectivity index (χ0n) is 18.7. The zero-order valence-corrected chi connectivity index (χ0v) is 18.7. The van der Waals surface area contributed by atoms with Crippen molar-refractivity contribution in [2.75, 3.05) is 0 Å². The van der Waals surface area contributed by atoms with E-state index in [1.807, 2.05) is 19.9 Å². The van der Waals surface area contributed by atoms with E-state index in [9.17, 15) is 14.4 Å². The molecule has 0 aliphatic heterocycles. The maximum Gasteiger partial charge on any atom is 0.303 e. The lowest BCUT2D eigenvalue weighted by Gasteiger charge is -2.55. The highest BCUT2D eigenvalue weighted by atomic mass is 16.6. The van der Waals surface area contributed by atoms with Gasteiger partial charge in [-0.1, -0.05) is 32.9 Å². The number of allylic oxidation sites excluding steroid dienone is 1. The van der Waals surface area contributed by atoms with Gasteiger partial charge >= 0.3 is 5.97 Å². The molecular weight excluding hydrogens is 364 g/mol. The number of rotatable bonds is 2. The van der Waals surface area contributed by atoms with Gasteiger partial charge in [-0.15, -0.1) is 0 Å². The first kappa shape index (κ1) is 22.0. The highest BCUT2D eigenvalue weighted by Crippen LogP contribution is 2.67. The van der Waals surface area contributed by atoms with Crippen LogP contribution in [0, 0.1) is 29.1 Å². The molecule has 0 N–H and O–H groups in total. The molecule has 0 aromatic heterocycles. The third kappa shape index (κ3) is 3.14. The number of Topliss-reactive ketones (excluding diaryl/α,β-unsaturated/α-hetero) is 1. The molecule has 0 amide bonds. The maximum atomic E-state index is 12.8. The molecule has 3 fully saturated rings. The van der Waals surface area contributed by atoms with Crippen LogP contribution >= 0.6 is 0 Å². The summed E-state index contributed by atoms with van der Waals surface area (Å²) in [5.74, 6) is 1.68. The van der Waals surface area contributed by atoms with Gasteiger partial charge < -0.3 is 4.74 Å². The van der Waals surface area contributed by atoms with Crippen molar-refractivity contribution >= 4 is 17.5 Å². The van der Waals surface area contributed by atoms with Gasteiger partial charge in [-0.3, -0.25) is 14.4 Å². The number of ether oxygens (including phenoxy) is 1. The summed E-state index contributed by atoms with van der Waals surface area (Å²) in [6, 6.07) is 0. The molecule has 4 aliphatic carbocycles. The van der Waals surface area contributed by atoms with E-state index >= 15 is 0 Å². The Kier molecular flexibility index (Phi) is 5.95. The average molecular weight is 401 g/mol. The van der Waals surface area contributed by atoms with Crippen LogP contribution in [0.3, 0.4) is 0 Å². The van der Waals surface area contributed by atoms with Gasteiger partial charge in [0.25, 0.3) is 0 Å². The molecule has 4 aliphatic rings. The van der Waals surface area contributed by atoms with E-state index in [1.54, 1.807) is 6.92 Å². The Hall–Kier alpha value is -1.71. The molecule has 4 rings (SSSR count). The normalized spacial score (nSPS) is 40.5. The number of ketones is 2. The van der Waals surface area contributed by atoms with Crippen molar-refractivity contribution in [1.29, 1.82) is 0 Å². The molecule has 0 unspecified atom stereocenters. The molecule has 29 heavy (non-hydrogen) atoms. The van der Waals surface area contributed by atoms with E-state index in [0.29, 0.717) is 30.1 Å². The Bertz CT molecular complexity index is 763. The summed E-state index contributed by atoms with van der Waals surface area (Å²) in [6.07, 6.45) is 8.23. The van der Waals surface area contributed by atoms with E-state index in [1.165, 1.54) is 12.5 Å². The minimum atomic E-state index is -1.17. The monoisotopic (exact) mass is 400 g/mol. The first-order chi connectivity index (χ1) is 13.7. The Morgan fingerprint density at radius 3 is 2.41 bits per heavy atom. The molecule has 6 atom stereocenters. The summed E-state index contributed by atoms with van der Waals surface area (Å²) in [6.45, 7) is 13.3. The van der Waals surface area contributed by atoms with Crippen LogP contribution in [0.4, 0.5) is 0 Å². The first-order valence-electron chi connectivity index (χ1n) is 11.3. The van der Waals surface area contributed by atoms with Crippen LogP contribution in [0.2, 0.25) is 0 Å². The van der Waals surface area contributed by atoms with Crippen molar-refractivity contribution in [3.63, 3.8) is 0 Å². The molecule has 3 saturated carbocycles. The van der Waals surface area contributed by atoms with E-state index in [2.05, 4.69) is 13.5 Å². The molecule has 0 spiro atoms. The largest absolute Gasteiger partial charge is 0.446 e. The van der Waals surface area contributed by atoms with Gasteiger partial charge in [0.15, 0.2) is 17.2 Å². The van der Waals surface area contributed by atoms with Gasteiger partial charge in [0, 0.05) is 18.8 Å². The van der Waals surface area contributed by atoms with Gasteiger partial charge in [-0.2, -0.15) is 0 Å². The average Bonchev–Trinajstić information content (AvgIpc) is 2.90. The number of carbonyl (C=O) groups is 3. The van der Waals surface area contributed by atoms with Crippen molar-refractivity contribution in [2.24, 2.45) is 29.1 Å². The Morgan fingerprint density at radius 2 is 1.79 bits per heavy atom. The van der Waals surface area contributed by atoms with E-state index in [-0.39, 0.29) is 17.0 Å². The van der Waals surface area contributed by atoms with Crippen LogP contribution in [-0.4, -0.2) is 23.1 Å². The van der Waals surface area contributed by atoms with Gasteiger partial charge in [-0.05, 0) is 80.8 Å². The highest BCUT2D eigenvalue weighted by Gasteiger charge is 2.68. The van der Waals surface area contributed by atoms with E-state index in [0.717, 1.165) is 44.1 Å². The van der Waals surface area contributed by atoms with Gasteiger partial charge in [-0.25, -0.2) is 0 Å². The van der Waals surface area contributed by atoms with Crippen LogP contribution in [0.5, 0.6) is 0 Å². The van der Waals surface area contributed by atoms with Gasteiger partial charge in [0.05, 0.1) is 0 Å². The molecule has 0 bridgehead atoms. The lowest BCUT2D eigenvalue weighted by molar-refractivity contribution is -0.180. The summed E-state index contributed by atoms with van der Waals surface area (Å²) < 4.78 is 5.80. The van der Waals surface area contributed by atoms with Crippen molar-refractivity contribution in [3.05, 3.63) is 23.8 Å². The fourth-order valence-electron chi connectivity index (χ4n) is 7.25. The fraction of sp³-hybridized carbons (Fsp3) is 0.720. The molecule has 0 aromatic rings. The lowest BCUT2D eigenvalue weighted by atomic mass is 9.50. The summed E-state index contributed by atoms with van der Waals surface area (Å²) in [5, 5.41) is 0. The summed E-state index contributed by atoms with van der Waals surface area (Å²) in [4.78, 5) is 36.6. The van der Waals surface area contributed by atoms with E-state index < -0.39 is 11.6 Å². The van der Waals surface area contributed by atoms with Crippen molar-refractivity contribution in [1.82, 2.24) is 0 Å². The predicted molar refractivity (Wildman–Crippen MR) is 113 cm³/mol. The predicted octanol–water partition coefficient (Wildman–Crippen LogP) is 5.21. The van der Waals surface area contributed by atoms with E-state index in [4.69, 9.17) is 4.74 Å². The quantitative estimate of drug-likeness (QED) is 0.471. The molecule has 4 heteroatoms. The molecule has 0 saturated heterocycles. The minimum absolute atomic E-state index is 0.0918. The minimum Gasteiger partial charge on any atom is -0.446 e. The van der Waals surface area contributed by atoms with Crippen LogP contribution < -0.4 is 0 Å². The topological polar surface area (TPSA) is 60.4 Å². The second kappa shape index (κ2) is 7.85.